The van der Waals surface area contributed by atoms with Crippen LogP contribution < -0.4 is 10.6 Å². The molecule has 1 aliphatic carbocycles. The van der Waals surface area contributed by atoms with Gasteiger partial charge in [-0.3, -0.25) is 14.5 Å². The SMILES string of the molecule is CN(C)C(CNC(=O)CCCN1C(=O)NC2(CCCC2)C1=O)c1cccc(F)c1. The second-order valence-corrected chi connectivity index (χ2v) is 8.12. The Bertz CT molecular complexity index is 777. The number of benzene rings is 1. The van der Waals surface area contributed by atoms with Crippen LogP contribution in [0.4, 0.5) is 9.18 Å². The largest absolute Gasteiger partial charge is 0.354 e. The number of imide groups is 1. The average Bonchev–Trinajstić information content (AvgIpc) is 3.22. The maximum atomic E-state index is 13.5. The highest BCUT2D eigenvalue weighted by Gasteiger charge is 2.52. The van der Waals surface area contributed by atoms with Crippen molar-refractivity contribution in [1.29, 1.82) is 0 Å². The molecule has 1 spiro atoms. The van der Waals surface area contributed by atoms with Gasteiger partial charge in [-0.2, -0.15) is 0 Å². The van der Waals surface area contributed by atoms with Gasteiger partial charge in [0.2, 0.25) is 5.91 Å². The normalized spacial score (nSPS) is 19.1. The van der Waals surface area contributed by atoms with Crippen molar-refractivity contribution in [1.82, 2.24) is 20.4 Å². The Kier molecular flexibility index (Phi) is 6.52. The Morgan fingerprint density at radius 3 is 2.69 bits per heavy atom. The van der Waals surface area contributed by atoms with Gasteiger partial charge < -0.3 is 15.5 Å². The molecule has 3 rings (SSSR count). The molecule has 1 aromatic rings. The summed E-state index contributed by atoms with van der Waals surface area (Å²) in [6.45, 7) is 0.586. The fourth-order valence-corrected chi connectivity index (χ4v) is 4.21. The molecule has 0 bridgehead atoms. The first kappa shape index (κ1) is 21.2. The summed E-state index contributed by atoms with van der Waals surface area (Å²) in [6, 6.07) is 5.83. The van der Waals surface area contributed by atoms with Crippen LogP contribution in [0.5, 0.6) is 0 Å². The molecule has 2 N–H and O–H groups in total. The van der Waals surface area contributed by atoms with Crippen LogP contribution in [0.25, 0.3) is 0 Å². The molecule has 2 aliphatic rings. The molecule has 1 heterocycles. The van der Waals surface area contributed by atoms with E-state index in [1.54, 1.807) is 6.07 Å². The molecule has 0 radical (unpaired) electrons. The third-order valence-corrected chi connectivity index (χ3v) is 5.84. The molecule has 2 fully saturated rings. The standard InChI is InChI=1S/C21H29FN4O3/c1-25(2)17(15-7-5-8-16(22)13-15)14-23-18(27)9-6-12-26-19(28)21(24-20(26)29)10-3-4-11-21/h5,7-8,13,17H,3-4,6,9-12,14H2,1-2H3,(H,23,27)(H,24,29). The smallest absolute Gasteiger partial charge is 0.325 e. The molecule has 158 valence electrons. The van der Waals surface area contributed by atoms with Crippen LogP contribution >= 0.6 is 0 Å². The quantitative estimate of drug-likeness (QED) is 0.651. The number of nitrogens with one attached hydrogen (secondary N) is 2. The predicted octanol–water partition coefficient (Wildman–Crippen LogP) is 2.19. The molecule has 1 unspecified atom stereocenters. The number of amides is 4. The summed E-state index contributed by atoms with van der Waals surface area (Å²) in [5.74, 6) is -0.621. The number of hydrogen-bond donors (Lipinski definition) is 2. The Hall–Kier alpha value is -2.48. The van der Waals surface area contributed by atoms with E-state index in [1.165, 1.54) is 17.0 Å². The summed E-state index contributed by atoms with van der Waals surface area (Å²) >= 11 is 0. The topological polar surface area (TPSA) is 81.8 Å². The van der Waals surface area contributed by atoms with Gasteiger partial charge in [0.15, 0.2) is 0 Å². The van der Waals surface area contributed by atoms with Gasteiger partial charge in [-0.1, -0.05) is 25.0 Å². The first-order valence-electron chi connectivity index (χ1n) is 10.1. The molecule has 1 saturated carbocycles. The minimum absolute atomic E-state index is 0.150. The fraction of sp³-hybridized carbons (Fsp3) is 0.571. The van der Waals surface area contributed by atoms with Crippen LogP contribution in [0.3, 0.4) is 0 Å². The number of carbonyl (C=O) groups excluding carboxylic acids is 3. The number of rotatable bonds is 8. The first-order chi connectivity index (χ1) is 13.8. The number of likely N-dealkylation sites (N-methyl/N-ethyl adjacent to an activating group) is 1. The maximum Gasteiger partial charge on any atom is 0.325 e. The third kappa shape index (κ3) is 4.75. The Morgan fingerprint density at radius 2 is 2.03 bits per heavy atom. The molecular formula is C21H29FN4O3. The van der Waals surface area contributed by atoms with Crippen molar-refractivity contribution in [2.45, 2.75) is 50.1 Å². The molecule has 1 aliphatic heterocycles. The van der Waals surface area contributed by atoms with Gasteiger partial charge in [-0.05, 0) is 51.1 Å². The van der Waals surface area contributed by atoms with E-state index >= 15 is 0 Å². The van der Waals surface area contributed by atoms with Gasteiger partial charge in [0.25, 0.3) is 5.91 Å². The summed E-state index contributed by atoms with van der Waals surface area (Å²) in [4.78, 5) is 40.2. The van der Waals surface area contributed by atoms with E-state index in [9.17, 15) is 18.8 Å². The fourth-order valence-electron chi connectivity index (χ4n) is 4.21. The van der Waals surface area contributed by atoms with Gasteiger partial charge in [-0.15, -0.1) is 0 Å². The highest BCUT2D eigenvalue weighted by molar-refractivity contribution is 6.07. The second kappa shape index (κ2) is 8.90. The minimum Gasteiger partial charge on any atom is -0.354 e. The zero-order valence-electron chi connectivity index (χ0n) is 17.0. The molecule has 1 atom stereocenters. The monoisotopic (exact) mass is 404 g/mol. The number of hydrogen-bond acceptors (Lipinski definition) is 4. The molecule has 0 aromatic heterocycles. The molecule has 1 saturated heterocycles. The Balaban J connectivity index is 1.46. The van der Waals surface area contributed by atoms with Crippen LogP contribution in [0.1, 0.15) is 50.1 Å². The molecule has 29 heavy (non-hydrogen) atoms. The summed E-state index contributed by atoms with van der Waals surface area (Å²) in [5, 5.41) is 5.71. The maximum absolute atomic E-state index is 13.5. The number of carbonyl (C=O) groups is 3. The highest BCUT2D eigenvalue weighted by atomic mass is 19.1. The van der Waals surface area contributed by atoms with Crippen LogP contribution in [-0.2, 0) is 9.59 Å². The van der Waals surface area contributed by atoms with Crippen molar-refractivity contribution < 1.29 is 18.8 Å². The van der Waals surface area contributed by atoms with E-state index in [0.29, 0.717) is 25.8 Å². The summed E-state index contributed by atoms with van der Waals surface area (Å²) in [6.07, 6.45) is 3.91. The Labute approximate surface area is 170 Å². The van der Waals surface area contributed by atoms with E-state index < -0.39 is 5.54 Å². The zero-order valence-corrected chi connectivity index (χ0v) is 17.0. The van der Waals surface area contributed by atoms with Crippen molar-refractivity contribution in [2.24, 2.45) is 0 Å². The number of halogens is 1. The predicted molar refractivity (Wildman–Crippen MR) is 107 cm³/mol. The molecule has 7 nitrogen and oxygen atoms in total. The molecule has 1 aromatic carbocycles. The lowest BCUT2D eigenvalue weighted by molar-refractivity contribution is -0.131. The van der Waals surface area contributed by atoms with Crippen LogP contribution in [0, 0.1) is 5.82 Å². The summed E-state index contributed by atoms with van der Waals surface area (Å²) in [5.41, 5.74) is 0.0833. The van der Waals surface area contributed by atoms with Crippen LogP contribution in [0.15, 0.2) is 24.3 Å². The van der Waals surface area contributed by atoms with Crippen molar-refractivity contribution in [3.05, 3.63) is 35.6 Å². The average molecular weight is 404 g/mol. The van der Waals surface area contributed by atoms with Crippen LogP contribution in [0.2, 0.25) is 0 Å². The van der Waals surface area contributed by atoms with Gasteiger partial charge >= 0.3 is 6.03 Å². The lowest BCUT2D eigenvalue weighted by atomic mass is 9.98. The molecule has 4 amide bonds. The third-order valence-electron chi connectivity index (χ3n) is 5.84. The summed E-state index contributed by atoms with van der Waals surface area (Å²) in [7, 11) is 3.75. The molecule has 8 heteroatoms. The van der Waals surface area contributed by atoms with Gasteiger partial charge in [-0.25, -0.2) is 9.18 Å². The number of urea groups is 1. The van der Waals surface area contributed by atoms with E-state index in [0.717, 1.165) is 18.4 Å². The van der Waals surface area contributed by atoms with Gasteiger partial charge in [0.1, 0.15) is 11.4 Å². The van der Waals surface area contributed by atoms with Crippen molar-refractivity contribution in [2.75, 3.05) is 27.2 Å². The van der Waals surface area contributed by atoms with E-state index in [2.05, 4.69) is 10.6 Å². The summed E-state index contributed by atoms with van der Waals surface area (Å²) < 4.78 is 13.5. The van der Waals surface area contributed by atoms with Gasteiger partial charge in [0.05, 0.1) is 6.04 Å². The van der Waals surface area contributed by atoms with E-state index in [4.69, 9.17) is 0 Å². The molecular weight excluding hydrogens is 375 g/mol. The van der Waals surface area contributed by atoms with Gasteiger partial charge in [0, 0.05) is 19.5 Å². The van der Waals surface area contributed by atoms with E-state index in [-0.39, 0.29) is 42.7 Å². The Morgan fingerprint density at radius 1 is 1.31 bits per heavy atom. The van der Waals surface area contributed by atoms with Crippen molar-refractivity contribution in [3.8, 4) is 0 Å². The highest BCUT2D eigenvalue weighted by Crippen LogP contribution is 2.35. The van der Waals surface area contributed by atoms with Crippen molar-refractivity contribution >= 4 is 17.8 Å². The lowest BCUT2D eigenvalue weighted by Gasteiger charge is -2.25. The van der Waals surface area contributed by atoms with Crippen molar-refractivity contribution in [3.63, 3.8) is 0 Å². The van der Waals surface area contributed by atoms with E-state index in [1.807, 2.05) is 25.1 Å². The first-order valence-corrected chi connectivity index (χ1v) is 10.1. The lowest BCUT2D eigenvalue weighted by Crippen LogP contribution is -2.44. The zero-order chi connectivity index (χ0) is 21.0. The minimum atomic E-state index is -0.705. The second-order valence-electron chi connectivity index (χ2n) is 8.12. The van der Waals surface area contributed by atoms with Crippen LogP contribution in [-0.4, -0.2) is 60.4 Å². The number of nitrogens with zero attached hydrogens (tertiary/aromatic N) is 2.